The van der Waals surface area contributed by atoms with Crippen LogP contribution in [0.4, 0.5) is 11.4 Å². The lowest BCUT2D eigenvalue weighted by Gasteiger charge is -2.23. The number of benzene rings is 1. The van der Waals surface area contributed by atoms with Gasteiger partial charge in [0.25, 0.3) is 0 Å². The highest BCUT2D eigenvalue weighted by Gasteiger charge is 2.30. The Morgan fingerprint density at radius 2 is 2.06 bits per heavy atom. The van der Waals surface area contributed by atoms with Gasteiger partial charge in [0.05, 0.1) is 17.0 Å². The van der Waals surface area contributed by atoms with Crippen LogP contribution in [0.5, 0.6) is 0 Å². The van der Waals surface area contributed by atoms with Gasteiger partial charge in [0.2, 0.25) is 0 Å². The van der Waals surface area contributed by atoms with Crippen LogP contribution < -0.4 is 11.1 Å². The summed E-state index contributed by atoms with van der Waals surface area (Å²) in [6.45, 7) is 2.63. The van der Waals surface area contributed by atoms with E-state index in [1.54, 1.807) is 0 Å². The van der Waals surface area contributed by atoms with E-state index < -0.39 is 5.60 Å². The van der Waals surface area contributed by atoms with Crippen LogP contribution in [0, 0.1) is 6.92 Å². The molecule has 0 atom stereocenters. The molecule has 1 aliphatic carbocycles. The number of rotatable bonds is 3. The largest absolute Gasteiger partial charge is 0.397 e. The highest BCUT2D eigenvalue weighted by Crippen LogP contribution is 2.30. The lowest BCUT2D eigenvalue weighted by atomic mass is 10.0. The first kappa shape index (κ1) is 11.3. The molecule has 0 unspecified atom stereocenters. The van der Waals surface area contributed by atoms with Gasteiger partial charge in [0.1, 0.15) is 0 Å². The molecule has 1 fully saturated rings. The van der Waals surface area contributed by atoms with Crippen LogP contribution in [0.25, 0.3) is 0 Å². The summed E-state index contributed by atoms with van der Waals surface area (Å²) in [5.41, 5.74) is 8.19. The van der Waals surface area contributed by atoms with Gasteiger partial charge < -0.3 is 16.2 Å². The second-order valence-corrected chi connectivity index (χ2v) is 4.88. The molecule has 0 heterocycles. The molecule has 1 saturated carbocycles. The highest BCUT2D eigenvalue weighted by atomic mass is 16.3. The summed E-state index contributed by atoms with van der Waals surface area (Å²) in [7, 11) is 0. The first-order chi connectivity index (χ1) is 7.59. The van der Waals surface area contributed by atoms with Crippen LogP contribution in [-0.2, 0) is 0 Å². The maximum Gasteiger partial charge on any atom is 0.0819 e. The van der Waals surface area contributed by atoms with E-state index in [1.165, 1.54) is 5.56 Å². The Morgan fingerprint density at radius 1 is 1.38 bits per heavy atom. The van der Waals surface area contributed by atoms with Crippen molar-refractivity contribution >= 4 is 11.4 Å². The second kappa shape index (κ2) is 4.34. The molecule has 2 rings (SSSR count). The van der Waals surface area contributed by atoms with Crippen molar-refractivity contribution in [3.63, 3.8) is 0 Å². The molecule has 16 heavy (non-hydrogen) atoms. The van der Waals surface area contributed by atoms with Gasteiger partial charge >= 0.3 is 0 Å². The Balaban J connectivity index is 2.01. The molecule has 0 aromatic heterocycles. The minimum atomic E-state index is -0.532. The molecule has 0 aliphatic heterocycles. The van der Waals surface area contributed by atoms with Crippen LogP contribution in [0.15, 0.2) is 18.2 Å². The third-order valence-electron chi connectivity index (χ3n) is 3.35. The van der Waals surface area contributed by atoms with E-state index in [0.29, 0.717) is 6.54 Å². The molecule has 0 amide bonds. The Hall–Kier alpha value is -1.22. The molecular weight excluding hydrogens is 200 g/mol. The van der Waals surface area contributed by atoms with Gasteiger partial charge in [-0.3, -0.25) is 0 Å². The second-order valence-electron chi connectivity index (χ2n) is 4.88. The normalized spacial score (nSPS) is 18.6. The first-order valence-electron chi connectivity index (χ1n) is 5.91. The number of hydrogen-bond donors (Lipinski definition) is 3. The molecule has 88 valence electrons. The zero-order valence-electron chi connectivity index (χ0n) is 9.79. The van der Waals surface area contributed by atoms with Crippen LogP contribution in [0.1, 0.15) is 31.2 Å². The lowest BCUT2D eigenvalue weighted by molar-refractivity contribution is 0.0615. The molecule has 4 N–H and O–H groups in total. The van der Waals surface area contributed by atoms with Crippen LogP contribution >= 0.6 is 0 Å². The molecule has 3 heteroatoms. The molecule has 1 aliphatic rings. The van der Waals surface area contributed by atoms with Gasteiger partial charge in [-0.2, -0.15) is 0 Å². The Morgan fingerprint density at radius 3 is 2.75 bits per heavy atom. The predicted octanol–water partition coefficient (Wildman–Crippen LogP) is 2.29. The SMILES string of the molecule is Cc1ccc(N)c(NCC2(O)CCCC2)c1. The lowest BCUT2D eigenvalue weighted by Crippen LogP contribution is -2.33. The molecule has 1 aromatic carbocycles. The van der Waals surface area contributed by atoms with Gasteiger partial charge in [0, 0.05) is 6.54 Å². The van der Waals surface area contributed by atoms with Crippen molar-refractivity contribution in [3.05, 3.63) is 23.8 Å². The highest BCUT2D eigenvalue weighted by molar-refractivity contribution is 5.67. The minimum absolute atomic E-state index is 0.532. The van der Waals surface area contributed by atoms with E-state index >= 15 is 0 Å². The number of aryl methyl sites for hydroxylation is 1. The molecule has 0 bridgehead atoms. The smallest absolute Gasteiger partial charge is 0.0819 e. The summed E-state index contributed by atoms with van der Waals surface area (Å²) < 4.78 is 0. The Labute approximate surface area is 96.7 Å². The molecule has 1 aromatic rings. The maximum atomic E-state index is 10.2. The van der Waals surface area contributed by atoms with Crippen molar-refractivity contribution in [3.8, 4) is 0 Å². The molecule has 0 spiro atoms. The van der Waals surface area contributed by atoms with Crippen molar-refractivity contribution in [1.29, 1.82) is 0 Å². The topological polar surface area (TPSA) is 58.3 Å². The van der Waals surface area contributed by atoms with Crippen molar-refractivity contribution in [1.82, 2.24) is 0 Å². The number of nitrogens with two attached hydrogens (primary N) is 1. The van der Waals surface area contributed by atoms with E-state index in [1.807, 2.05) is 25.1 Å². The summed E-state index contributed by atoms with van der Waals surface area (Å²) in [5.74, 6) is 0. The van der Waals surface area contributed by atoms with Crippen molar-refractivity contribution < 1.29 is 5.11 Å². The number of hydrogen-bond acceptors (Lipinski definition) is 3. The monoisotopic (exact) mass is 220 g/mol. The average Bonchev–Trinajstić information content (AvgIpc) is 2.67. The van der Waals surface area contributed by atoms with E-state index in [0.717, 1.165) is 37.1 Å². The van der Waals surface area contributed by atoms with Crippen molar-refractivity contribution in [2.24, 2.45) is 0 Å². The van der Waals surface area contributed by atoms with Crippen LogP contribution in [0.3, 0.4) is 0 Å². The fourth-order valence-corrected chi connectivity index (χ4v) is 2.29. The number of anilines is 2. The minimum Gasteiger partial charge on any atom is -0.397 e. The van der Waals surface area contributed by atoms with E-state index in [9.17, 15) is 5.11 Å². The Kier molecular flexibility index (Phi) is 3.06. The third kappa shape index (κ3) is 2.47. The van der Waals surface area contributed by atoms with E-state index in [-0.39, 0.29) is 0 Å². The summed E-state index contributed by atoms with van der Waals surface area (Å²) in [6.07, 6.45) is 4.04. The summed E-state index contributed by atoms with van der Waals surface area (Å²) in [4.78, 5) is 0. The summed E-state index contributed by atoms with van der Waals surface area (Å²) >= 11 is 0. The van der Waals surface area contributed by atoms with E-state index in [4.69, 9.17) is 5.73 Å². The standard InChI is InChI=1S/C13H20N2O/c1-10-4-5-11(14)12(8-10)15-9-13(16)6-2-3-7-13/h4-5,8,15-16H,2-3,6-7,9,14H2,1H3. The van der Waals surface area contributed by atoms with Crippen LogP contribution in [0.2, 0.25) is 0 Å². The number of aliphatic hydroxyl groups is 1. The van der Waals surface area contributed by atoms with Gasteiger partial charge in [-0.15, -0.1) is 0 Å². The van der Waals surface area contributed by atoms with Gasteiger partial charge in [0.15, 0.2) is 0 Å². The predicted molar refractivity (Wildman–Crippen MR) is 67.5 cm³/mol. The summed E-state index contributed by atoms with van der Waals surface area (Å²) in [5, 5.41) is 13.5. The quantitative estimate of drug-likeness (QED) is 0.685. The molecule has 0 radical (unpaired) electrons. The fraction of sp³-hybridized carbons (Fsp3) is 0.538. The molecular formula is C13H20N2O. The zero-order chi connectivity index (χ0) is 11.6. The van der Waals surface area contributed by atoms with Crippen LogP contribution in [-0.4, -0.2) is 17.3 Å². The number of nitrogen functional groups attached to an aromatic ring is 1. The third-order valence-corrected chi connectivity index (χ3v) is 3.35. The van der Waals surface area contributed by atoms with Crippen molar-refractivity contribution in [2.45, 2.75) is 38.2 Å². The number of nitrogens with one attached hydrogen (secondary N) is 1. The molecule has 0 saturated heterocycles. The first-order valence-corrected chi connectivity index (χ1v) is 5.91. The van der Waals surface area contributed by atoms with Gasteiger partial charge in [-0.25, -0.2) is 0 Å². The van der Waals surface area contributed by atoms with Crippen molar-refractivity contribution in [2.75, 3.05) is 17.6 Å². The fourth-order valence-electron chi connectivity index (χ4n) is 2.29. The summed E-state index contributed by atoms with van der Waals surface area (Å²) in [6, 6.07) is 5.91. The average molecular weight is 220 g/mol. The van der Waals surface area contributed by atoms with E-state index in [2.05, 4.69) is 5.32 Å². The molecule has 3 nitrogen and oxygen atoms in total. The Bertz CT molecular complexity index is 370. The maximum absolute atomic E-state index is 10.2. The zero-order valence-corrected chi connectivity index (χ0v) is 9.79. The van der Waals surface area contributed by atoms with Gasteiger partial charge in [-0.05, 0) is 37.5 Å². The van der Waals surface area contributed by atoms with Gasteiger partial charge in [-0.1, -0.05) is 18.9 Å².